The molecule has 2 nitrogen and oxygen atoms in total. The second kappa shape index (κ2) is 5.21. The van der Waals surface area contributed by atoms with Crippen LogP contribution >= 0.6 is 0 Å². The van der Waals surface area contributed by atoms with Crippen molar-refractivity contribution >= 4 is 0 Å². The third kappa shape index (κ3) is 2.30. The van der Waals surface area contributed by atoms with E-state index in [4.69, 9.17) is 0 Å². The Labute approximate surface area is 111 Å². The van der Waals surface area contributed by atoms with E-state index < -0.39 is 11.0 Å². The Morgan fingerprint density at radius 1 is 1.11 bits per heavy atom. The Bertz CT molecular complexity index is 324. The second-order valence-corrected chi connectivity index (χ2v) is 6.89. The SMILES string of the molecule is CC(C)C1CCCC(O)(C2(C#N)CCCCC2)C1. The summed E-state index contributed by atoms with van der Waals surface area (Å²) in [5, 5.41) is 20.8. The molecule has 0 aromatic rings. The molecule has 102 valence electrons. The number of hydrogen-bond donors (Lipinski definition) is 1. The molecule has 0 saturated heterocycles. The van der Waals surface area contributed by atoms with Gasteiger partial charge in [-0.3, -0.25) is 0 Å². The topological polar surface area (TPSA) is 44.0 Å². The van der Waals surface area contributed by atoms with Crippen LogP contribution in [0, 0.1) is 28.6 Å². The lowest BCUT2D eigenvalue weighted by molar-refractivity contribution is -0.114. The summed E-state index contributed by atoms with van der Waals surface area (Å²) in [5.74, 6) is 1.21. The van der Waals surface area contributed by atoms with Crippen molar-refractivity contribution in [3.63, 3.8) is 0 Å². The molecule has 18 heavy (non-hydrogen) atoms. The predicted octanol–water partition coefficient (Wildman–Crippen LogP) is 4.04. The molecule has 1 N–H and O–H groups in total. The van der Waals surface area contributed by atoms with E-state index in [1.165, 1.54) is 12.8 Å². The monoisotopic (exact) mass is 249 g/mol. The highest BCUT2D eigenvalue weighted by molar-refractivity contribution is 5.13. The Balaban J connectivity index is 2.20. The molecule has 2 rings (SSSR count). The molecule has 0 aromatic carbocycles. The number of rotatable bonds is 2. The van der Waals surface area contributed by atoms with E-state index in [0.717, 1.165) is 44.9 Å². The third-order valence-electron chi connectivity index (χ3n) is 5.52. The van der Waals surface area contributed by atoms with E-state index in [1.54, 1.807) is 0 Å². The largest absolute Gasteiger partial charge is 0.388 e. The van der Waals surface area contributed by atoms with Gasteiger partial charge in [-0.2, -0.15) is 5.26 Å². The third-order valence-corrected chi connectivity index (χ3v) is 5.52. The highest BCUT2D eigenvalue weighted by Gasteiger charge is 2.53. The molecular formula is C16H27NO. The van der Waals surface area contributed by atoms with Gasteiger partial charge in [-0.15, -0.1) is 0 Å². The van der Waals surface area contributed by atoms with Gasteiger partial charge in [0.2, 0.25) is 0 Å². The first-order valence-corrected chi connectivity index (χ1v) is 7.67. The Morgan fingerprint density at radius 2 is 1.78 bits per heavy atom. The zero-order chi connectivity index (χ0) is 13.2. The fraction of sp³-hybridized carbons (Fsp3) is 0.938. The number of nitrogens with zero attached hydrogens (tertiary/aromatic N) is 1. The van der Waals surface area contributed by atoms with E-state index in [1.807, 2.05) is 0 Å². The summed E-state index contributed by atoms with van der Waals surface area (Å²) < 4.78 is 0. The predicted molar refractivity (Wildman–Crippen MR) is 72.9 cm³/mol. The van der Waals surface area contributed by atoms with Gasteiger partial charge in [-0.05, 0) is 43.9 Å². The molecule has 0 bridgehead atoms. The van der Waals surface area contributed by atoms with E-state index in [9.17, 15) is 10.4 Å². The lowest BCUT2D eigenvalue weighted by Gasteiger charge is -2.49. The molecule has 2 aliphatic rings. The molecule has 2 aliphatic carbocycles. The first-order valence-electron chi connectivity index (χ1n) is 7.67. The van der Waals surface area contributed by atoms with Crippen LogP contribution in [0.1, 0.15) is 71.6 Å². The number of aliphatic hydroxyl groups is 1. The molecule has 0 aromatic heterocycles. The van der Waals surface area contributed by atoms with E-state index >= 15 is 0 Å². The maximum absolute atomic E-state index is 11.1. The zero-order valence-corrected chi connectivity index (χ0v) is 11.9. The minimum Gasteiger partial charge on any atom is -0.388 e. The minimum atomic E-state index is -0.713. The molecule has 0 amide bonds. The van der Waals surface area contributed by atoms with Gasteiger partial charge in [0.25, 0.3) is 0 Å². The van der Waals surface area contributed by atoms with E-state index in [2.05, 4.69) is 19.9 Å². The van der Waals surface area contributed by atoms with Crippen LogP contribution in [0.15, 0.2) is 0 Å². The fourth-order valence-corrected chi connectivity index (χ4v) is 4.13. The van der Waals surface area contributed by atoms with Gasteiger partial charge in [-0.25, -0.2) is 0 Å². The Kier molecular flexibility index (Phi) is 4.02. The van der Waals surface area contributed by atoms with Crippen LogP contribution < -0.4 is 0 Å². The molecule has 0 heterocycles. The van der Waals surface area contributed by atoms with Crippen LogP contribution in [0.3, 0.4) is 0 Å². The second-order valence-electron chi connectivity index (χ2n) is 6.89. The van der Waals surface area contributed by atoms with E-state index in [0.29, 0.717) is 11.8 Å². The van der Waals surface area contributed by atoms with Gasteiger partial charge >= 0.3 is 0 Å². The van der Waals surface area contributed by atoms with Crippen molar-refractivity contribution in [1.82, 2.24) is 0 Å². The summed E-state index contributed by atoms with van der Waals surface area (Å²) in [4.78, 5) is 0. The molecule has 2 unspecified atom stereocenters. The average Bonchev–Trinajstić information content (AvgIpc) is 2.39. The van der Waals surface area contributed by atoms with Gasteiger partial charge in [0.05, 0.1) is 17.1 Å². The van der Waals surface area contributed by atoms with Crippen LogP contribution in [0.5, 0.6) is 0 Å². The highest BCUT2D eigenvalue weighted by atomic mass is 16.3. The maximum Gasteiger partial charge on any atom is 0.0860 e. The fourth-order valence-electron chi connectivity index (χ4n) is 4.13. The molecule has 2 fully saturated rings. The first-order chi connectivity index (χ1) is 8.53. The number of hydrogen-bond acceptors (Lipinski definition) is 2. The molecule has 2 heteroatoms. The minimum absolute atomic E-state index is 0.446. The molecule has 0 radical (unpaired) electrons. The summed E-state index contributed by atoms with van der Waals surface area (Å²) in [6.07, 6.45) is 9.26. The summed E-state index contributed by atoms with van der Waals surface area (Å²) >= 11 is 0. The summed E-state index contributed by atoms with van der Waals surface area (Å²) in [6.45, 7) is 4.49. The van der Waals surface area contributed by atoms with Crippen molar-refractivity contribution < 1.29 is 5.11 Å². The van der Waals surface area contributed by atoms with Crippen molar-refractivity contribution in [3.05, 3.63) is 0 Å². The van der Waals surface area contributed by atoms with Crippen LogP contribution in [0.4, 0.5) is 0 Å². The lowest BCUT2D eigenvalue weighted by atomic mass is 9.57. The van der Waals surface area contributed by atoms with Crippen LogP contribution in [-0.4, -0.2) is 10.7 Å². The molecule has 2 atom stereocenters. The van der Waals surface area contributed by atoms with Crippen LogP contribution in [-0.2, 0) is 0 Å². The smallest absolute Gasteiger partial charge is 0.0860 e. The van der Waals surface area contributed by atoms with Crippen LogP contribution in [0.25, 0.3) is 0 Å². The normalized spacial score (nSPS) is 36.3. The van der Waals surface area contributed by atoms with Crippen molar-refractivity contribution in [3.8, 4) is 6.07 Å². The summed E-state index contributed by atoms with van der Waals surface area (Å²) in [7, 11) is 0. The van der Waals surface area contributed by atoms with Gasteiger partial charge in [0, 0.05) is 0 Å². The van der Waals surface area contributed by atoms with E-state index in [-0.39, 0.29) is 0 Å². The molecule has 0 aliphatic heterocycles. The lowest BCUT2D eigenvalue weighted by Crippen LogP contribution is -2.52. The Hall–Kier alpha value is -0.550. The average molecular weight is 249 g/mol. The zero-order valence-electron chi connectivity index (χ0n) is 11.9. The molecule has 2 saturated carbocycles. The summed E-state index contributed by atoms with van der Waals surface area (Å²) in [6, 6.07) is 2.54. The molecular weight excluding hydrogens is 222 g/mol. The van der Waals surface area contributed by atoms with Gasteiger partial charge < -0.3 is 5.11 Å². The van der Waals surface area contributed by atoms with Crippen molar-refractivity contribution in [2.75, 3.05) is 0 Å². The van der Waals surface area contributed by atoms with Crippen molar-refractivity contribution in [1.29, 1.82) is 5.26 Å². The van der Waals surface area contributed by atoms with Gasteiger partial charge in [0.15, 0.2) is 0 Å². The Morgan fingerprint density at radius 3 is 2.33 bits per heavy atom. The van der Waals surface area contributed by atoms with Gasteiger partial charge in [0.1, 0.15) is 0 Å². The maximum atomic E-state index is 11.1. The van der Waals surface area contributed by atoms with Crippen molar-refractivity contribution in [2.45, 2.75) is 77.2 Å². The molecule has 0 spiro atoms. The standard InChI is InChI=1S/C16H27NO/c1-13(2)14-7-6-10-16(18,11-14)15(12-17)8-4-3-5-9-15/h13-14,18H,3-11H2,1-2H3. The van der Waals surface area contributed by atoms with Crippen LogP contribution in [0.2, 0.25) is 0 Å². The summed E-state index contributed by atoms with van der Waals surface area (Å²) in [5.41, 5.74) is -1.16. The number of nitriles is 1. The van der Waals surface area contributed by atoms with Gasteiger partial charge in [-0.1, -0.05) is 39.5 Å². The van der Waals surface area contributed by atoms with Crippen molar-refractivity contribution in [2.24, 2.45) is 17.3 Å². The first kappa shape index (κ1) is 13.9. The highest BCUT2D eigenvalue weighted by Crippen LogP contribution is 2.52. The quantitative estimate of drug-likeness (QED) is 0.802.